The van der Waals surface area contributed by atoms with Crippen molar-refractivity contribution in [3.8, 4) is 33.4 Å². The van der Waals surface area contributed by atoms with Crippen LogP contribution in [0.2, 0.25) is 0 Å². The van der Waals surface area contributed by atoms with Crippen LogP contribution in [0.25, 0.3) is 76.5 Å². The summed E-state index contributed by atoms with van der Waals surface area (Å²) in [6.45, 7) is 11.8. The van der Waals surface area contributed by atoms with E-state index in [0.717, 1.165) is 0 Å². The van der Waals surface area contributed by atoms with Crippen LogP contribution in [-0.2, 0) is 5.41 Å². The van der Waals surface area contributed by atoms with E-state index in [1.54, 1.807) is 0 Å². The van der Waals surface area contributed by atoms with Gasteiger partial charge in [-0.3, -0.25) is 0 Å². The fraction of sp³-hybridized carbons (Fsp3) is 0.154. The zero-order valence-electron chi connectivity index (χ0n) is 30.6. The molecule has 0 N–H and O–H groups in total. The van der Waals surface area contributed by atoms with Gasteiger partial charge in [0.15, 0.2) is 0 Å². The number of benzene rings is 8. The second-order valence-corrected chi connectivity index (χ2v) is 15.8. The van der Waals surface area contributed by atoms with Crippen molar-refractivity contribution in [2.24, 2.45) is 5.92 Å². The molecule has 0 spiro atoms. The average molecular weight is 667 g/mol. The zero-order valence-corrected chi connectivity index (χ0v) is 30.6. The van der Waals surface area contributed by atoms with Gasteiger partial charge in [0, 0.05) is 11.3 Å². The third-order valence-electron chi connectivity index (χ3n) is 12.5. The Labute approximate surface area is 306 Å². The van der Waals surface area contributed by atoms with E-state index in [4.69, 9.17) is 0 Å². The molecule has 0 heterocycles. The number of hydrogen-bond acceptors (Lipinski definition) is 0. The van der Waals surface area contributed by atoms with Crippen molar-refractivity contribution >= 4 is 43.1 Å². The van der Waals surface area contributed by atoms with Crippen molar-refractivity contribution in [2.45, 2.75) is 46.0 Å². The predicted molar refractivity (Wildman–Crippen MR) is 224 cm³/mol. The normalized spacial score (nSPS) is 17.7. The maximum Gasteiger partial charge on any atom is 0.0159 e. The van der Waals surface area contributed by atoms with E-state index >= 15 is 0 Å². The Kier molecular flexibility index (Phi) is 6.80. The fourth-order valence-corrected chi connectivity index (χ4v) is 9.75. The standard InChI is InChI=1S/C52H42/c1-31-26-32(2)33(3)44(27-31)49-40-18-10-11-19-41(40)50(45-29-37(24-25-42(45)49)36-23-22-34-14-6-7-15-35(34)28-36)46-30-48-51(39-17-9-8-16-38(39)46)43-20-12-13-21-47(43)52(48,4)5/h6-30,33,44H,1-5H3. The second-order valence-electron chi connectivity index (χ2n) is 15.8. The zero-order chi connectivity index (χ0) is 35.3. The van der Waals surface area contributed by atoms with Gasteiger partial charge >= 0.3 is 0 Å². The lowest BCUT2D eigenvalue weighted by atomic mass is 9.73. The third-order valence-corrected chi connectivity index (χ3v) is 12.5. The first kappa shape index (κ1) is 31.1. The van der Waals surface area contributed by atoms with Gasteiger partial charge < -0.3 is 0 Å². The van der Waals surface area contributed by atoms with Gasteiger partial charge in [-0.2, -0.15) is 0 Å². The lowest BCUT2D eigenvalue weighted by Crippen LogP contribution is -2.15. The van der Waals surface area contributed by atoms with Gasteiger partial charge in [-0.1, -0.05) is 165 Å². The summed E-state index contributed by atoms with van der Waals surface area (Å²) in [5.74, 6) is 0.685. The van der Waals surface area contributed by atoms with Crippen LogP contribution in [0.5, 0.6) is 0 Å². The molecule has 2 unspecified atom stereocenters. The lowest BCUT2D eigenvalue weighted by molar-refractivity contribution is 0.600. The first-order valence-corrected chi connectivity index (χ1v) is 18.8. The summed E-state index contributed by atoms with van der Waals surface area (Å²) in [7, 11) is 0. The summed E-state index contributed by atoms with van der Waals surface area (Å²) in [6, 6.07) is 52.9. The van der Waals surface area contributed by atoms with Gasteiger partial charge in [-0.05, 0) is 131 Å². The Morgan fingerprint density at radius 3 is 1.90 bits per heavy atom. The topological polar surface area (TPSA) is 0 Å². The maximum atomic E-state index is 2.56. The summed E-state index contributed by atoms with van der Waals surface area (Å²) >= 11 is 0. The molecule has 0 amide bonds. The molecule has 0 heteroatoms. The maximum absolute atomic E-state index is 2.56. The van der Waals surface area contributed by atoms with Crippen molar-refractivity contribution in [2.75, 3.05) is 0 Å². The van der Waals surface area contributed by atoms with E-state index in [9.17, 15) is 0 Å². The highest BCUT2D eigenvalue weighted by Crippen LogP contribution is 2.55. The minimum Gasteiger partial charge on any atom is -0.0734 e. The highest BCUT2D eigenvalue weighted by molar-refractivity contribution is 6.21. The van der Waals surface area contributed by atoms with Crippen molar-refractivity contribution in [1.82, 2.24) is 0 Å². The Bertz CT molecular complexity index is 2860. The smallest absolute Gasteiger partial charge is 0.0159 e. The van der Waals surface area contributed by atoms with E-state index in [-0.39, 0.29) is 11.3 Å². The molecule has 8 aromatic carbocycles. The van der Waals surface area contributed by atoms with Crippen molar-refractivity contribution in [1.29, 1.82) is 0 Å². The summed E-state index contributed by atoms with van der Waals surface area (Å²) < 4.78 is 0. The molecule has 250 valence electrons. The molecule has 0 nitrogen and oxygen atoms in total. The van der Waals surface area contributed by atoms with Crippen LogP contribution in [0, 0.1) is 5.92 Å². The molecule has 0 radical (unpaired) electrons. The number of rotatable bonds is 3. The third kappa shape index (κ3) is 4.47. The Morgan fingerprint density at radius 1 is 0.481 bits per heavy atom. The van der Waals surface area contributed by atoms with Gasteiger partial charge in [-0.15, -0.1) is 0 Å². The van der Waals surface area contributed by atoms with Gasteiger partial charge in [0.2, 0.25) is 0 Å². The summed E-state index contributed by atoms with van der Waals surface area (Å²) in [5, 5.41) is 10.5. The minimum absolute atomic E-state index is 0.115. The fourth-order valence-electron chi connectivity index (χ4n) is 9.75. The summed E-state index contributed by atoms with van der Waals surface area (Å²) in [4.78, 5) is 0. The molecule has 52 heavy (non-hydrogen) atoms. The van der Waals surface area contributed by atoms with Crippen LogP contribution < -0.4 is 0 Å². The van der Waals surface area contributed by atoms with Crippen molar-refractivity contribution in [3.63, 3.8) is 0 Å². The quantitative estimate of drug-likeness (QED) is 0.165. The number of allylic oxidation sites excluding steroid dienone is 4. The first-order chi connectivity index (χ1) is 25.3. The second kappa shape index (κ2) is 11.4. The first-order valence-electron chi connectivity index (χ1n) is 18.8. The lowest BCUT2D eigenvalue weighted by Gasteiger charge is -2.30. The minimum atomic E-state index is -0.115. The van der Waals surface area contributed by atoms with Crippen molar-refractivity contribution in [3.05, 3.63) is 180 Å². The number of fused-ring (bicyclic) bond motifs is 8. The highest BCUT2D eigenvalue weighted by Gasteiger charge is 2.37. The molecule has 2 aliphatic carbocycles. The van der Waals surface area contributed by atoms with Gasteiger partial charge in [0.1, 0.15) is 0 Å². The molecule has 2 aliphatic rings. The van der Waals surface area contributed by atoms with E-state index < -0.39 is 0 Å². The predicted octanol–water partition coefficient (Wildman–Crippen LogP) is 14.6. The molecule has 0 fully saturated rings. The van der Waals surface area contributed by atoms with Crippen LogP contribution in [-0.4, -0.2) is 0 Å². The summed E-state index contributed by atoms with van der Waals surface area (Å²) in [6.07, 6.45) is 4.88. The van der Waals surface area contributed by atoms with E-state index in [1.165, 1.54) is 104 Å². The summed E-state index contributed by atoms with van der Waals surface area (Å²) in [5.41, 5.74) is 14.8. The van der Waals surface area contributed by atoms with Gasteiger partial charge in [0.05, 0.1) is 0 Å². The number of hydrogen-bond donors (Lipinski definition) is 0. The average Bonchev–Trinajstić information content (AvgIpc) is 3.40. The molecular formula is C52H42. The Balaban J connectivity index is 1.35. The molecule has 0 aromatic heterocycles. The largest absolute Gasteiger partial charge is 0.0734 e. The Hall–Kier alpha value is -5.72. The molecular weight excluding hydrogens is 625 g/mol. The van der Waals surface area contributed by atoms with Crippen LogP contribution in [0.1, 0.15) is 57.2 Å². The molecule has 0 aliphatic heterocycles. The molecule has 2 atom stereocenters. The van der Waals surface area contributed by atoms with Gasteiger partial charge in [-0.25, -0.2) is 0 Å². The molecule has 8 aromatic rings. The Morgan fingerprint density at radius 2 is 1.10 bits per heavy atom. The molecule has 0 saturated carbocycles. The van der Waals surface area contributed by atoms with Crippen molar-refractivity contribution < 1.29 is 0 Å². The molecule has 0 bridgehead atoms. The SMILES string of the molecule is CC1=CC(c2c3ccccc3c(-c3cc4c(c5ccccc35)-c3ccccc3C4(C)C)c3cc(-c4ccc5ccccc5c4)ccc23)C(C)C(C)=C1. The monoisotopic (exact) mass is 666 g/mol. The van der Waals surface area contributed by atoms with Gasteiger partial charge in [0.25, 0.3) is 0 Å². The van der Waals surface area contributed by atoms with Crippen LogP contribution in [0.15, 0.2) is 163 Å². The van der Waals surface area contributed by atoms with E-state index in [1.807, 2.05) is 0 Å². The molecule has 10 rings (SSSR count). The highest BCUT2D eigenvalue weighted by atomic mass is 14.4. The van der Waals surface area contributed by atoms with Crippen LogP contribution in [0.4, 0.5) is 0 Å². The van der Waals surface area contributed by atoms with Crippen LogP contribution >= 0.6 is 0 Å². The van der Waals surface area contributed by atoms with Crippen LogP contribution in [0.3, 0.4) is 0 Å². The van der Waals surface area contributed by atoms with E-state index in [2.05, 4.69) is 186 Å². The van der Waals surface area contributed by atoms with E-state index in [0.29, 0.717) is 5.92 Å². The molecule has 0 saturated heterocycles.